The van der Waals surface area contributed by atoms with Crippen molar-refractivity contribution >= 4 is 17.4 Å². The van der Waals surface area contributed by atoms with Gasteiger partial charge >= 0.3 is 0 Å². The van der Waals surface area contributed by atoms with E-state index in [1.54, 1.807) is 17.9 Å². The van der Waals surface area contributed by atoms with Gasteiger partial charge in [-0.1, -0.05) is 24.9 Å². The Morgan fingerprint density at radius 3 is 2.53 bits per heavy atom. The second-order valence-corrected chi connectivity index (χ2v) is 5.88. The standard InChI is InChI=1S/C14H22ClN3O/c1-4-14(2,18-8-6-5-7-9-18)13(19)12-11(15)10-16-17(12)3/h10H,4-9H2,1-3H3. The van der Waals surface area contributed by atoms with Crippen molar-refractivity contribution in [1.29, 1.82) is 0 Å². The number of aryl methyl sites for hydroxylation is 1. The molecule has 5 heteroatoms. The van der Waals surface area contributed by atoms with E-state index in [9.17, 15) is 4.79 Å². The molecule has 1 saturated heterocycles. The third kappa shape index (κ3) is 2.56. The van der Waals surface area contributed by atoms with Gasteiger partial charge in [-0.3, -0.25) is 14.4 Å². The van der Waals surface area contributed by atoms with Gasteiger partial charge in [0.25, 0.3) is 0 Å². The summed E-state index contributed by atoms with van der Waals surface area (Å²) in [6.45, 7) is 6.08. The summed E-state index contributed by atoms with van der Waals surface area (Å²) in [6.07, 6.45) is 5.93. The summed E-state index contributed by atoms with van der Waals surface area (Å²) < 4.78 is 1.59. The van der Waals surface area contributed by atoms with Crippen molar-refractivity contribution in [3.8, 4) is 0 Å². The van der Waals surface area contributed by atoms with Crippen molar-refractivity contribution in [2.24, 2.45) is 7.05 Å². The number of hydrogen-bond donors (Lipinski definition) is 0. The minimum Gasteiger partial charge on any atom is -0.291 e. The molecule has 4 nitrogen and oxygen atoms in total. The second-order valence-electron chi connectivity index (χ2n) is 5.47. The van der Waals surface area contributed by atoms with E-state index < -0.39 is 5.54 Å². The van der Waals surface area contributed by atoms with Crippen molar-refractivity contribution < 1.29 is 4.79 Å². The molecule has 0 spiro atoms. The van der Waals surface area contributed by atoms with Crippen molar-refractivity contribution in [2.45, 2.75) is 45.1 Å². The van der Waals surface area contributed by atoms with Crippen LogP contribution < -0.4 is 0 Å². The van der Waals surface area contributed by atoms with E-state index in [0.717, 1.165) is 19.5 Å². The molecule has 0 aliphatic carbocycles. The van der Waals surface area contributed by atoms with Crippen LogP contribution in [0.15, 0.2) is 6.20 Å². The maximum absolute atomic E-state index is 12.9. The van der Waals surface area contributed by atoms with Gasteiger partial charge in [0.15, 0.2) is 0 Å². The molecule has 1 fully saturated rings. The fraction of sp³-hybridized carbons (Fsp3) is 0.714. The predicted molar refractivity (Wildman–Crippen MR) is 76.7 cm³/mol. The third-order valence-corrected chi connectivity index (χ3v) is 4.62. The molecule has 0 saturated carbocycles. The monoisotopic (exact) mass is 283 g/mol. The smallest absolute Gasteiger partial charge is 0.202 e. The van der Waals surface area contributed by atoms with Crippen LogP contribution in [0.25, 0.3) is 0 Å². The molecular formula is C14H22ClN3O. The molecule has 1 aromatic rings. The Hall–Kier alpha value is -0.870. The van der Waals surface area contributed by atoms with Crippen LogP contribution in [0.5, 0.6) is 0 Å². The summed E-state index contributed by atoms with van der Waals surface area (Å²) in [4.78, 5) is 15.2. The van der Waals surface area contributed by atoms with Gasteiger partial charge in [-0.2, -0.15) is 5.10 Å². The van der Waals surface area contributed by atoms with Gasteiger partial charge in [-0.25, -0.2) is 0 Å². The highest BCUT2D eigenvalue weighted by Gasteiger charge is 2.40. The maximum atomic E-state index is 12.9. The van der Waals surface area contributed by atoms with Crippen LogP contribution in [0.3, 0.4) is 0 Å². The summed E-state index contributed by atoms with van der Waals surface area (Å²) in [5, 5.41) is 4.52. The van der Waals surface area contributed by atoms with E-state index in [-0.39, 0.29) is 5.78 Å². The van der Waals surface area contributed by atoms with E-state index in [0.29, 0.717) is 10.7 Å². The van der Waals surface area contributed by atoms with Gasteiger partial charge in [-0.05, 0) is 39.3 Å². The first kappa shape index (κ1) is 14.5. The lowest BCUT2D eigenvalue weighted by Crippen LogP contribution is -2.54. The van der Waals surface area contributed by atoms with Crippen LogP contribution in [-0.4, -0.2) is 39.1 Å². The fourth-order valence-corrected chi connectivity index (χ4v) is 3.09. The van der Waals surface area contributed by atoms with E-state index >= 15 is 0 Å². The highest BCUT2D eigenvalue weighted by Crippen LogP contribution is 2.30. The Balaban J connectivity index is 2.32. The summed E-state index contributed by atoms with van der Waals surface area (Å²) in [7, 11) is 1.77. The molecule has 106 valence electrons. The Kier molecular flexibility index (Phi) is 4.31. The zero-order valence-electron chi connectivity index (χ0n) is 11.9. The van der Waals surface area contributed by atoms with Crippen LogP contribution in [0.4, 0.5) is 0 Å². The van der Waals surface area contributed by atoms with Crippen molar-refractivity contribution in [3.05, 3.63) is 16.9 Å². The molecule has 19 heavy (non-hydrogen) atoms. The topological polar surface area (TPSA) is 38.1 Å². The van der Waals surface area contributed by atoms with E-state index in [2.05, 4.69) is 16.9 Å². The zero-order valence-corrected chi connectivity index (χ0v) is 12.7. The first-order chi connectivity index (χ1) is 9.00. The van der Waals surface area contributed by atoms with Crippen LogP contribution in [-0.2, 0) is 7.05 Å². The molecule has 0 radical (unpaired) electrons. The minimum absolute atomic E-state index is 0.0851. The molecule has 1 atom stereocenters. The van der Waals surface area contributed by atoms with Gasteiger partial charge in [0.1, 0.15) is 5.69 Å². The molecule has 0 aromatic carbocycles. The van der Waals surface area contributed by atoms with Gasteiger partial charge < -0.3 is 0 Å². The number of Topliss-reactive ketones (excluding diaryl/α,β-unsaturated/α-hetero) is 1. The molecule has 1 aromatic heterocycles. The molecule has 0 amide bonds. The number of aromatic nitrogens is 2. The number of nitrogens with zero attached hydrogens (tertiary/aromatic N) is 3. The number of carbonyl (C=O) groups is 1. The number of halogens is 1. The van der Waals surface area contributed by atoms with E-state index in [1.165, 1.54) is 19.3 Å². The lowest BCUT2D eigenvalue weighted by molar-refractivity contribution is 0.0496. The molecule has 2 heterocycles. The molecular weight excluding hydrogens is 262 g/mol. The van der Waals surface area contributed by atoms with Crippen molar-refractivity contribution in [1.82, 2.24) is 14.7 Å². The summed E-state index contributed by atoms with van der Waals surface area (Å²) in [5.74, 6) is 0.0851. The second kappa shape index (κ2) is 5.63. The molecule has 1 aliphatic heterocycles. The first-order valence-corrected chi connectivity index (χ1v) is 7.36. The number of carbonyl (C=O) groups excluding carboxylic acids is 1. The minimum atomic E-state index is -0.474. The van der Waals surface area contributed by atoms with Gasteiger partial charge in [0.2, 0.25) is 5.78 Å². The highest BCUT2D eigenvalue weighted by atomic mass is 35.5. The number of ketones is 1. The van der Waals surface area contributed by atoms with Crippen LogP contribution in [0.1, 0.15) is 50.0 Å². The third-order valence-electron chi connectivity index (χ3n) is 4.34. The molecule has 0 bridgehead atoms. The molecule has 1 unspecified atom stereocenters. The van der Waals surface area contributed by atoms with Gasteiger partial charge in [0.05, 0.1) is 16.8 Å². The Morgan fingerprint density at radius 1 is 1.42 bits per heavy atom. The summed E-state index contributed by atoms with van der Waals surface area (Å²) in [6, 6.07) is 0. The fourth-order valence-electron chi connectivity index (χ4n) is 2.84. The van der Waals surface area contributed by atoms with Gasteiger partial charge in [-0.15, -0.1) is 0 Å². The van der Waals surface area contributed by atoms with Gasteiger partial charge in [0, 0.05) is 7.05 Å². The number of hydrogen-bond acceptors (Lipinski definition) is 3. The Morgan fingerprint density at radius 2 is 2.05 bits per heavy atom. The van der Waals surface area contributed by atoms with E-state index in [1.807, 2.05) is 6.92 Å². The SMILES string of the molecule is CCC(C)(C(=O)c1c(Cl)cnn1C)N1CCCCC1. The maximum Gasteiger partial charge on any atom is 0.202 e. The van der Waals surface area contributed by atoms with Crippen molar-refractivity contribution in [3.63, 3.8) is 0 Å². The summed E-state index contributed by atoms with van der Waals surface area (Å²) in [5.41, 5.74) is 0.0503. The average molecular weight is 284 g/mol. The lowest BCUT2D eigenvalue weighted by atomic mass is 9.87. The Bertz CT molecular complexity index is 446. The highest BCUT2D eigenvalue weighted by molar-refractivity contribution is 6.34. The molecule has 1 aliphatic rings. The summed E-state index contributed by atoms with van der Waals surface area (Å²) >= 11 is 6.12. The van der Waals surface area contributed by atoms with Crippen molar-refractivity contribution in [2.75, 3.05) is 13.1 Å². The quantitative estimate of drug-likeness (QED) is 0.798. The van der Waals surface area contributed by atoms with E-state index in [4.69, 9.17) is 11.6 Å². The number of rotatable bonds is 4. The predicted octanol–water partition coefficient (Wildman–Crippen LogP) is 2.91. The number of likely N-dealkylation sites (tertiary alicyclic amines) is 1. The van der Waals surface area contributed by atoms with Crippen LogP contribution >= 0.6 is 11.6 Å². The first-order valence-electron chi connectivity index (χ1n) is 6.98. The Labute approximate surface area is 119 Å². The largest absolute Gasteiger partial charge is 0.291 e. The molecule has 2 rings (SSSR count). The number of piperidine rings is 1. The average Bonchev–Trinajstić information content (AvgIpc) is 2.77. The lowest BCUT2D eigenvalue weighted by Gasteiger charge is -2.41. The normalized spacial score (nSPS) is 20.2. The van der Waals surface area contributed by atoms with Crippen LogP contribution in [0.2, 0.25) is 5.02 Å². The van der Waals surface area contributed by atoms with Crippen LogP contribution in [0, 0.1) is 0 Å². The zero-order chi connectivity index (χ0) is 14.0. The molecule has 0 N–H and O–H groups in total.